The lowest BCUT2D eigenvalue weighted by molar-refractivity contribution is -0.137. The van der Waals surface area contributed by atoms with Crippen molar-refractivity contribution in [2.45, 2.75) is 6.18 Å². The van der Waals surface area contributed by atoms with Crippen molar-refractivity contribution in [1.29, 1.82) is 0 Å². The Bertz CT molecular complexity index is 684. The second-order valence-corrected chi connectivity index (χ2v) is 4.30. The highest BCUT2D eigenvalue weighted by atomic mass is 19.4. The summed E-state index contributed by atoms with van der Waals surface area (Å²) >= 11 is 0. The lowest BCUT2D eigenvalue weighted by Crippen LogP contribution is -2.14. The molecule has 4 nitrogen and oxygen atoms in total. The summed E-state index contributed by atoms with van der Waals surface area (Å²) in [6, 6.07) is 7.94. The van der Waals surface area contributed by atoms with E-state index in [1.54, 1.807) is 0 Å². The number of amides is 1. The van der Waals surface area contributed by atoms with Crippen molar-refractivity contribution in [2.75, 3.05) is 11.1 Å². The summed E-state index contributed by atoms with van der Waals surface area (Å²) in [5, 5.41) is 11.6. The predicted octanol–water partition coefficient (Wildman–Crippen LogP) is 3.25. The maximum atomic E-state index is 12.6. The van der Waals surface area contributed by atoms with Crippen molar-refractivity contribution in [3.63, 3.8) is 0 Å². The molecule has 0 aromatic heterocycles. The topological polar surface area (TPSA) is 75.3 Å². The lowest BCUT2D eigenvalue weighted by Gasteiger charge is -2.10. The number of anilines is 2. The number of alkyl halides is 3. The number of halogens is 3. The smallest absolute Gasteiger partial charge is 0.416 e. The Morgan fingerprint density at radius 1 is 1.14 bits per heavy atom. The van der Waals surface area contributed by atoms with E-state index in [2.05, 4.69) is 5.32 Å². The van der Waals surface area contributed by atoms with Crippen LogP contribution in [0.3, 0.4) is 0 Å². The first kappa shape index (κ1) is 14.7. The van der Waals surface area contributed by atoms with Gasteiger partial charge in [0.15, 0.2) is 0 Å². The number of hydrogen-bond acceptors (Lipinski definition) is 3. The summed E-state index contributed by atoms with van der Waals surface area (Å²) in [5.41, 5.74) is 4.85. The van der Waals surface area contributed by atoms with E-state index in [0.717, 1.165) is 18.2 Å². The average molecular weight is 296 g/mol. The van der Waals surface area contributed by atoms with Gasteiger partial charge < -0.3 is 16.2 Å². The molecule has 2 rings (SSSR count). The first-order chi connectivity index (χ1) is 9.77. The van der Waals surface area contributed by atoms with E-state index in [9.17, 15) is 23.1 Å². The third-order valence-electron chi connectivity index (χ3n) is 2.74. The number of benzene rings is 2. The number of carbonyl (C=O) groups excluding carboxylic acids is 1. The van der Waals surface area contributed by atoms with E-state index in [1.807, 2.05) is 0 Å². The zero-order chi connectivity index (χ0) is 15.6. The molecule has 0 aliphatic heterocycles. The van der Waals surface area contributed by atoms with E-state index in [4.69, 9.17) is 5.73 Å². The highest BCUT2D eigenvalue weighted by Crippen LogP contribution is 2.30. The molecule has 0 saturated carbocycles. The standard InChI is InChI=1S/C14H11F3N2O2/c15-14(16,17)9-3-1-2-8(6-9)13(21)19-12-5-4-10(20)7-11(12)18/h1-7,20H,18H2,(H,19,21). The molecule has 7 heteroatoms. The molecule has 0 radical (unpaired) electrons. The highest BCUT2D eigenvalue weighted by Gasteiger charge is 2.30. The molecule has 4 N–H and O–H groups in total. The van der Waals surface area contributed by atoms with E-state index in [-0.39, 0.29) is 22.7 Å². The number of nitrogen functional groups attached to an aromatic ring is 1. The molecule has 0 atom stereocenters. The van der Waals surface area contributed by atoms with Crippen molar-refractivity contribution >= 4 is 17.3 Å². The third kappa shape index (κ3) is 3.44. The average Bonchev–Trinajstić information content (AvgIpc) is 2.41. The second kappa shape index (κ2) is 5.35. The first-order valence-electron chi connectivity index (χ1n) is 5.84. The molecule has 0 saturated heterocycles. The maximum absolute atomic E-state index is 12.6. The molecule has 2 aromatic carbocycles. The zero-order valence-electron chi connectivity index (χ0n) is 10.6. The molecule has 1 amide bonds. The monoisotopic (exact) mass is 296 g/mol. The van der Waals surface area contributed by atoms with Gasteiger partial charge >= 0.3 is 6.18 Å². The van der Waals surface area contributed by atoms with Crippen LogP contribution in [0.2, 0.25) is 0 Å². The van der Waals surface area contributed by atoms with Crippen LogP contribution in [-0.2, 0) is 6.18 Å². The van der Waals surface area contributed by atoms with Crippen LogP contribution in [0.15, 0.2) is 42.5 Å². The zero-order valence-corrected chi connectivity index (χ0v) is 10.6. The number of phenols is 1. The normalized spacial score (nSPS) is 11.2. The quantitative estimate of drug-likeness (QED) is 0.588. The maximum Gasteiger partial charge on any atom is 0.416 e. The molecule has 0 fully saturated rings. The van der Waals surface area contributed by atoms with Gasteiger partial charge in [0.2, 0.25) is 0 Å². The summed E-state index contributed by atoms with van der Waals surface area (Å²) in [5.74, 6) is -0.803. The van der Waals surface area contributed by atoms with Crippen molar-refractivity contribution in [3.8, 4) is 5.75 Å². The summed E-state index contributed by atoms with van der Waals surface area (Å²) in [7, 11) is 0. The summed E-state index contributed by atoms with van der Waals surface area (Å²) in [6.07, 6.45) is -4.52. The Morgan fingerprint density at radius 2 is 1.86 bits per heavy atom. The van der Waals surface area contributed by atoms with Gasteiger partial charge in [-0.15, -0.1) is 0 Å². The van der Waals surface area contributed by atoms with Crippen LogP contribution in [-0.4, -0.2) is 11.0 Å². The minimum Gasteiger partial charge on any atom is -0.508 e. The Kier molecular flexibility index (Phi) is 3.75. The molecule has 0 heterocycles. The number of phenolic OH excluding ortho intramolecular Hbond substituents is 1. The second-order valence-electron chi connectivity index (χ2n) is 4.30. The van der Waals surface area contributed by atoms with E-state index >= 15 is 0 Å². The van der Waals surface area contributed by atoms with Crippen molar-refractivity contribution in [2.24, 2.45) is 0 Å². The molecular weight excluding hydrogens is 285 g/mol. The van der Waals surface area contributed by atoms with Gasteiger partial charge in [-0.05, 0) is 30.3 Å². The van der Waals surface area contributed by atoms with Gasteiger partial charge in [0.05, 0.1) is 16.9 Å². The summed E-state index contributed by atoms with van der Waals surface area (Å²) < 4.78 is 37.8. The Labute approximate surface area is 118 Å². The van der Waals surface area contributed by atoms with Crippen LogP contribution in [0, 0.1) is 0 Å². The molecule has 0 unspecified atom stereocenters. The molecule has 0 spiro atoms. The molecule has 0 aliphatic carbocycles. The van der Waals surface area contributed by atoms with E-state index in [1.165, 1.54) is 24.3 Å². The fraction of sp³-hybridized carbons (Fsp3) is 0.0714. The molecule has 110 valence electrons. The Balaban J connectivity index is 2.25. The van der Waals surface area contributed by atoms with Crippen LogP contribution in [0.4, 0.5) is 24.5 Å². The lowest BCUT2D eigenvalue weighted by atomic mass is 10.1. The molecule has 2 aromatic rings. The van der Waals surface area contributed by atoms with Crippen LogP contribution in [0.25, 0.3) is 0 Å². The van der Waals surface area contributed by atoms with Crippen LogP contribution < -0.4 is 11.1 Å². The number of rotatable bonds is 2. The molecular formula is C14H11F3N2O2. The van der Waals surface area contributed by atoms with Crippen molar-refractivity contribution in [1.82, 2.24) is 0 Å². The van der Waals surface area contributed by atoms with Gasteiger partial charge in [-0.3, -0.25) is 4.79 Å². The van der Waals surface area contributed by atoms with Gasteiger partial charge in [0.25, 0.3) is 5.91 Å². The number of aromatic hydroxyl groups is 1. The number of carbonyl (C=O) groups is 1. The van der Waals surface area contributed by atoms with Crippen LogP contribution in [0.1, 0.15) is 15.9 Å². The Hall–Kier alpha value is -2.70. The number of nitrogens with two attached hydrogens (primary N) is 1. The molecule has 0 bridgehead atoms. The van der Waals surface area contributed by atoms with Gasteiger partial charge in [0, 0.05) is 11.6 Å². The number of nitrogens with one attached hydrogen (secondary N) is 1. The first-order valence-corrected chi connectivity index (χ1v) is 5.84. The predicted molar refractivity (Wildman–Crippen MR) is 71.9 cm³/mol. The Morgan fingerprint density at radius 3 is 2.48 bits per heavy atom. The third-order valence-corrected chi connectivity index (χ3v) is 2.74. The minimum absolute atomic E-state index is 0.0791. The van der Waals surface area contributed by atoms with E-state index in [0.29, 0.717) is 0 Å². The number of hydrogen-bond donors (Lipinski definition) is 3. The minimum atomic E-state index is -4.52. The largest absolute Gasteiger partial charge is 0.508 e. The van der Waals surface area contributed by atoms with E-state index < -0.39 is 17.6 Å². The molecule has 0 aliphatic rings. The summed E-state index contributed by atoms with van der Waals surface area (Å²) in [6.45, 7) is 0. The van der Waals surface area contributed by atoms with Crippen LogP contribution >= 0.6 is 0 Å². The van der Waals surface area contributed by atoms with Crippen LogP contribution in [0.5, 0.6) is 5.75 Å². The SMILES string of the molecule is Nc1cc(O)ccc1NC(=O)c1cccc(C(F)(F)F)c1. The van der Waals surface area contributed by atoms with Crippen molar-refractivity contribution in [3.05, 3.63) is 53.6 Å². The fourth-order valence-electron chi connectivity index (χ4n) is 1.70. The highest BCUT2D eigenvalue weighted by molar-refractivity contribution is 6.05. The van der Waals surface area contributed by atoms with Gasteiger partial charge in [-0.25, -0.2) is 0 Å². The summed E-state index contributed by atoms with van der Waals surface area (Å²) in [4.78, 5) is 11.9. The fourth-order valence-corrected chi connectivity index (χ4v) is 1.70. The van der Waals surface area contributed by atoms with Gasteiger partial charge in [0.1, 0.15) is 5.75 Å². The van der Waals surface area contributed by atoms with Gasteiger partial charge in [-0.2, -0.15) is 13.2 Å². The van der Waals surface area contributed by atoms with Gasteiger partial charge in [-0.1, -0.05) is 6.07 Å². The molecule has 21 heavy (non-hydrogen) atoms. The van der Waals surface area contributed by atoms with Crippen molar-refractivity contribution < 1.29 is 23.1 Å².